The van der Waals surface area contributed by atoms with Gasteiger partial charge in [0, 0.05) is 12.6 Å². The maximum atomic E-state index is 12.8. The van der Waals surface area contributed by atoms with Gasteiger partial charge in [-0.25, -0.2) is 4.39 Å². The zero-order valence-electron chi connectivity index (χ0n) is 12.7. The Kier molecular flexibility index (Phi) is 6.46. The smallest absolute Gasteiger partial charge is 0.123 e. The van der Waals surface area contributed by atoms with Gasteiger partial charge in [0.15, 0.2) is 0 Å². The monoisotopic (exact) mass is 295 g/mol. The van der Waals surface area contributed by atoms with Crippen molar-refractivity contribution >= 4 is 0 Å². The van der Waals surface area contributed by atoms with Crippen LogP contribution in [0.3, 0.4) is 0 Å². The highest BCUT2D eigenvalue weighted by Gasteiger charge is 2.20. The molecule has 0 radical (unpaired) electrons. The summed E-state index contributed by atoms with van der Waals surface area (Å²) in [5.74, 6) is 1.02. The second kappa shape index (κ2) is 8.35. The van der Waals surface area contributed by atoms with Crippen molar-refractivity contribution in [1.82, 2.24) is 5.32 Å². The standard InChI is InChI=1S/C17H26FNO2/c1-13(14-5-3-2-4-6-14)19-11-16(20)12-21-17-9-7-15(18)8-10-17/h7-10,13-14,16,19-20H,2-6,11-12H2,1H3/t13-,16?/m1/s1. The number of hydrogen-bond acceptors (Lipinski definition) is 3. The second-order valence-electron chi connectivity index (χ2n) is 6.01. The topological polar surface area (TPSA) is 41.5 Å². The van der Waals surface area contributed by atoms with Crippen molar-refractivity contribution in [2.45, 2.75) is 51.2 Å². The van der Waals surface area contributed by atoms with Crippen LogP contribution in [0, 0.1) is 11.7 Å². The van der Waals surface area contributed by atoms with E-state index in [2.05, 4.69) is 12.2 Å². The lowest BCUT2D eigenvalue weighted by atomic mass is 9.84. The Morgan fingerprint density at radius 2 is 1.90 bits per heavy atom. The zero-order valence-corrected chi connectivity index (χ0v) is 12.7. The minimum absolute atomic E-state index is 0.218. The molecule has 1 aliphatic rings. The van der Waals surface area contributed by atoms with Crippen LogP contribution in [0.15, 0.2) is 24.3 Å². The summed E-state index contributed by atoms with van der Waals surface area (Å²) in [5.41, 5.74) is 0. The molecule has 2 rings (SSSR count). The largest absolute Gasteiger partial charge is 0.491 e. The molecule has 1 saturated carbocycles. The Hall–Kier alpha value is -1.13. The highest BCUT2D eigenvalue weighted by molar-refractivity contribution is 5.22. The van der Waals surface area contributed by atoms with Crippen LogP contribution in [0.2, 0.25) is 0 Å². The minimum atomic E-state index is -0.555. The van der Waals surface area contributed by atoms with Gasteiger partial charge < -0.3 is 15.2 Å². The molecule has 3 nitrogen and oxygen atoms in total. The lowest BCUT2D eigenvalue weighted by Gasteiger charge is -2.29. The van der Waals surface area contributed by atoms with Crippen molar-refractivity contribution in [3.05, 3.63) is 30.1 Å². The summed E-state index contributed by atoms with van der Waals surface area (Å²) in [6, 6.07) is 6.28. The van der Waals surface area contributed by atoms with E-state index in [1.807, 2.05) is 0 Å². The first kappa shape index (κ1) is 16.2. The number of hydrogen-bond donors (Lipinski definition) is 2. The van der Waals surface area contributed by atoms with Crippen LogP contribution in [0.1, 0.15) is 39.0 Å². The fourth-order valence-corrected chi connectivity index (χ4v) is 2.90. The average molecular weight is 295 g/mol. The molecule has 0 heterocycles. The molecule has 4 heteroatoms. The van der Waals surface area contributed by atoms with Gasteiger partial charge in [-0.15, -0.1) is 0 Å². The van der Waals surface area contributed by atoms with Gasteiger partial charge in [0.25, 0.3) is 0 Å². The van der Waals surface area contributed by atoms with E-state index in [9.17, 15) is 9.50 Å². The van der Waals surface area contributed by atoms with Crippen LogP contribution >= 0.6 is 0 Å². The maximum absolute atomic E-state index is 12.8. The van der Waals surface area contributed by atoms with E-state index in [1.54, 1.807) is 12.1 Å². The predicted octanol–water partition coefficient (Wildman–Crippen LogP) is 3.12. The third kappa shape index (κ3) is 5.64. The summed E-state index contributed by atoms with van der Waals surface area (Å²) in [5, 5.41) is 13.4. The number of aliphatic hydroxyl groups excluding tert-OH is 1. The highest BCUT2D eigenvalue weighted by atomic mass is 19.1. The first-order valence-corrected chi connectivity index (χ1v) is 7.95. The van der Waals surface area contributed by atoms with E-state index in [0.29, 0.717) is 18.3 Å². The van der Waals surface area contributed by atoms with Crippen LogP contribution in [0.5, 0.6) is 5.75 Å². The fourth-order valence-electron chi connectivity index (χ4n) is 2.90. The van der Waals surface area contributed by atoms with Gasteiger partial charge in [0.2, 0.25) is 0 Å². The summed E-state index contributed by atoms with van der Waals surface area (Å²) < 4.78 is 18.2. The normalized spacial score (nSPS) is 19.2. The van der Waals surface area contributed by atoms with Gasteiger partial charge in [-0.05, 0) is 49.9 Å². The Labute approximate surface area is 126 Å². The first-order chi connectivity index (χ1) is 10.1. The number of rotatable bonds is 7. The van der Waals surface area contributed by atoms with Gasteiger partial charge in [-0.3, -0.25) is 0 Å². The van der Waals surface area contributed by atoms with Crippen LogP contribution in [0.4, 0.5) is 4.39 Å². The van der Waals surface area contributed by atoms with Crippen molar-refractivity contribution in [2.75, 3.05) is 13.2 Å². The SMILES string of the molecule is C[C@@H](NCC(O)COc1ccc(F)cc1)C1CCCCC1. The molecular formula is C17H26FNO2. The van der Waals surface area contributed by atoms with Crippen LogP contribution < -0.4 is 10.1 Å². The number of halogens is 1. The first-order valence-electron chi connectivity index (χ1n) is 7.95. The molecule has 0 amide bonds. The van der Waals surface area contributed by atoms with E-state index in [1.165, 1.54) is 44.2 Å². The molecule has 1 aromatic rings. The molecule has 118 valence electrons. The maximum Gasteiger partial charge on any atom is 0.123 e. The lowest BCUT2D eigenvalue weighted by Crippen LogP contribution is -2.40. The Bertz CT molecular complexity index is 404. The molecule has 1 aliphatic carbocycles. The zero-order chi connectivity index (χ0) is 15.1. The third-order valence-electron chi connectivity index (χ3n) is 4.29. The van der Waals surface area contributed by atoms with Gasteiger partial charge in [0.05, 0.1) is 0 Å². The summed E-state index contributed by atoms with van der Waals surface area (Å²) in [6.45, 7) is 2.94. The van der Waals surface area contributed by atoms with Crippen molar-refractivity contribution in [3.8, 4) is 5.75 Å². The van der Waals surface area contributed by atoms with Crippen molar-refractivity contribution < 1.29 is 14.2 Å². The predicted molar refractivity (Wildman–Crippen MR) is 81.9 cm³/mol. The van der Waals surface area contributed by atoms with E-state index in [4.69, 9.17) is 4.74 Å². The van der Waals surface area contributed by atoms with Crippen molar-refractivity contribution in [3.63, 3.8) is 0 Å². The molecule has 0 aromatic heterocycles. The summed E-state index contributed by atoms with van der Waals surface area (Å²) in [7, 11) is 0. The Balaban J connectivity index is 1.64. The average Bonchev–Trinajstić information content (AvgIpc) is 2.53. The number of ether oxygens (including phenoxy) is 1. The molecule has 0 saturated heterocycles. The molecule has 0 spiro atoms. The summed E-state index contributed by atoms with van der Waals surface area (Å²) in [4.78, 5) is 0. The van der Waals surface area contributed by atoms with Crippen LogP contribution in [-0.4, -0.2) is 30.4 Å². The minimum Gasteiger partial charge on any atom is -0.491 e. The molecule has 21 heavy (non-hydrogen) atoms. The second-order valence-corrected chi connectivity index (χ2v) is 6.01. The van der Waals surface area contributed by atoms with E-state index < -0.39 is 6.10 Å². The summed E-state index contributed by atoms with van der Waals surface area (Å²) >= 11 is 0. The van der Waals surface area contributed by atoms with E-state index >= 15 is 0 Å². The van der Waals surface area contributed by atoms with Gasteiger partial charge in [-0.1, -0.05) is 19.3 Å². The molecule has 2 atom stereocenters. The van der Waals surface area contributed by atoms with E-state index in [-0.39, 0.29) is 12.4 Å². The van der Waals surface area contributed by atoms with Gasteiger partial charge in [-0.2, -0.15) is 0 Å². The van der Waals surface area contributed by atoms with E-state index in [0.717, 1.165) is 5.92 Å². The molecule has 1 aromatic carbocycles. The van der Waals surface area contributed by atoms with Gasteiger partial charge >= 0.3 is 0 Å². The Morgan fingerprint density at radius 3 is 2.57 bits per heavy atom. The highest BCUT2D eigenvalue weighted by Crippen LogP contribution is 2.26. The molecule has 1 unspecified atom stereocenters. The lowest BCUT2D eigenvalue weighted by molar-refractivity contribution is 0.100. The molecule has 1 fully saturated rings. The number of nitrogens with one attached hydrogen (secondary N) is 1. The van der Waals surface area contributed by atoms with Crippen molar-refractivity contribution in [2.24, 2.45) is 5.92 Å². The molecule has 2 N–H and O–H groups in total. The van der Waals surface area contributed by atoms with Crippen LogP contribution in [-0.2, 0) is 0 Å². The van der Waals surface area contributed by atoms with Gasteiger partial charge in [0.1, 0.15) is 24.3 Å². The molecule has 0 aliphatic heterocycles. The van der Waals surface area contributed by atoms with Crippen LogP contribution in [0.25, 0.3) is 0 Å². The molecular weight excluding hydrogens is 269 g/mol. The van der Waals surface area contributed by atoms with Crippen molar-refractivity contribution in [1.29, 1.82) is 0 Å². The third-order valence-corrected chi connectivity index (χ3v) is 4.29. The number of benzene rings is 1. The quantitative estimate of drug-likeness (QED) is 0.812. The number of aliphatic hydroxyl groups is 1. The molecule has 0 bridgehead atoms. The fraction of sp³-hybridized carbons (Fsp3) is 0.647. The Morgan fingerprint density at radius 1 is 1.24 bits per heavy atom. The summed E-state index contributed by atoms with van der Waals surface area (Å²) in [6.07, 6.45) is 6.03.